The van der Waals surface area contributed by atoms with Gasteiger partial charge in [-0.1, -0.05) is 71.9 Å². The molecule has 0 saturated heterocycles. The smallest absolute Gasteiger partial charge is 0.154 e. The van der Waals surface area contributed by atoms with Crippen LogP contribution in [-0.2, 0) is 5.75 Å². The quantitative estimate of drug-likeness (QED) is 0.493. The lowest BCUT2D eigenvalue weighted by Crippen LogP contribution is -1.92. The second-order valence-corrected chi connectivity index (χ2v) is 6.74. The van der Waals surface area contributed by atoms with Crippen LogP contribution in [0.4, 0.5) is 0 Å². The molecule has 2 heterocycles. The number of aromatic nitrogens is 3. The maximum Gasteiger partial charge on any atom is 0.154 e. The summed E-state index contributed by atoms with van der Waals surface area (Å²) in [4.78, 5) is 4.64. The molecular weight excluding hydrogens is 314 g/mol. The molecule has 4 aromatic rings. The summed E-state index contributed by atoms with van der Waals surface area (Å²) in [7, 11) is 0. The van der Waals surface area contributed by atoms with Crippen LogP contribution >= 0.6 is 11.8 Å². The van der Waals surface area contributed by atoms with Crippen molar-refractivity contribution >= 4 is 17.4 Å². The van der Waals surface area contributed by atoms with E-state index in [1.165, 1.54) is 11.1 Å². The molecule has 0 radical (unpaired) electrons. The zero-order valence-corrected chi connectivity index (χ0v) is 14.2. The van der Waals surface area contributed by atoms with E-state index in [0.29, 0.717) is 0 Å². The summed E-state index contributed by atoms with van der Waals surface area (Å²) < 4.78 is 1.86. The largest absolute Gasteiger partial charge is 0.227 e. The van der Waals surface area contributed by atoms with Crippen LogP contribution in [0.15, 0.2) is 78.0 Å². The Kier molecular flexibility index (Phi) is 4.05. The molecule has 0 bridgehead atoms. The lowest BCUT2D eigenvalue weighted by molar-refractivity contribution is 0.859. The van der Waals surface area contributed by atoms with E-state index in [2.05, 4.69) is 53.4 Å². The Bertz CT molecular complexity index is 959. The van der Waals surface area contributed by atoms with E-state index in [4.69, 9.17) is 0 Å². The lowest BCUT2D eigenvalue weighted by Gasteiger charge is -2.02. The molecule has 0 amide bonds. The van der Waals surface area contributed by atoms with Gasteiger partial charge in [-0.25, -0.2) is 9.50 Å². The first-order chi connectivity index (χ1) is 11.8. The Labute approximate surface area is 145 Å². The van der Waals surface area contributed by atoms with Gasteiger partial charge in [0, 0.05) is 11.3 Å². The zero-order chi connectivity index (χ0) is 16.4. The maximum atomic E-state index is 4.67. The Morgan fingerprint density at radius 2 is 1.71 bits per heavy atom. The van der Waals surface area contributed by atoms with Crippen molar-refractivity contribution in [1.29, 1.82) is 0 Å². The van der Waals surface area contributed by atoms with Crippen LogP contribution in [0.25, 0.3) is 16.9 Å². The van der Waals surface area contributed by atoms with Gasteiger partial charge in [-0.2, -0.15) is 5.10 Å². The Hall–Kier alpha value is -2.59. The molecule has 2 aromatic heterocycles. The van der Waals surface area contributed by atoms with Crippen molar-refractivity contribution in [2.24, 2.45) is 0 Å². The number of hydrogen-bond donors (Lipinski definition) is 0. The van der Waals surface area contributed by atoms with E-state index in [1.807, 2.05) is 41.0 Å². The van der Waals surface area contributed by atoms with Crippen molar-refractivity contribution in [2.45, 2.75) is 17.7 Å². The van der Waals surface area contributed by atoms with Gasteiger partial charge in [-0.05, 0) is 24.6 Å². The second kappa shape index (κ2) is 6.49. The predicted octanol–water partition coefficient (Wildman–Crippen LogP) is 5.00. The summed E-state index contributed by atoms with van der Waals surface area (Å²) in [5.41, 5.74) is 5.52. The lowest BCUT2D eigenvalue weighted by atomic mass is 10.2. The minimum Gasteiger partial charge on any atom is -0.227 e. The molecule has 4 heteroatoms. The van der Waals surface area contributed by atoms with Crippen molar-refractivity contribution < 1.29 is 0 Å². The zero-order valence-electron chi connectivity index (χ0n) is 13.4. The standard InChI is InChI=1S/C20H17N3S/c1-15-7-9-16(10-8-15)14-24-20-12-11-19-21-18(13-23(19)22-20)17-5-3-2-4-6-17/h2-13H,14H2,1H3. The average Bonchev–Trinajstić information content (AvgIpc) is 3.05. The fourth-order valence-corrected chi connectivity index (χ4v) is 3.35. The van der Waals surface area contributed by atoms with Crippen LogP contribution < -0.4 is 0 Å². The summed E-state index contributed by atoms with van der Waals surface area (Å²) >= 11 is 1.74. The van der Waals surface area contributed by atoms with Crippen molar-refractivity contribution in [2.75, 3.05) is 0 Å². The summed E-state index contributed by atoms with van der Waals surface area (Å²) in [5, 5.41) is 5.67. The number of aryl methyl sites for hydroxylation is 1. The van der Waals surface area contributed by atoms with Gasteiger partial charge in [0.15, 0.2) is 5.65 Å². The molecule has 24 heavy (non-hydrogen) atoms. The van der Waals surface area contributed by atoms with Gasteiger partial charge in [0.25, 0.3) is 0 Å². The highest BCUT2D eigenvalue weighted by Gasteiger charge is 2.06. The molecule has 4 rings (SSSR count). The molecule has 118 valence electrons. The van der Waals surface area contributed by atoms with E-state index in [-0.39, 0.29) is 0 Å². The van der Waals surface area contributed by atoms with E-state index < -0.39 is 0 Å². The van der Waals surface area contributed by atoms with Gasteiger partial charge in [0.05, 0.1) is 11.9 Å². The van der Waals surface area contributed by atoms with Gasteiger partial charge in [0.1, 0.15) is 5.03 Å². The van der Waals surface area contributed by atoms with Crippen LogP contribution in [0.3, 0.4) is 0 Å². The SMILES string of the molecule is Cc1ccc(CSc2ccc3nc(-c4ccccc4)cn3n2)cc1. The molecule has 3 nitrogen and oxygen atoms in total. The van der Waals surface area contributed by atoms with Crippen LogP contribution in [0, 0.1) is 6.92 Å². The van der Waals surface area contributed by atoms with Gasteiger partial charge < -0.3 is 0 Å². The molecule has 0 atom stereocenters. The minimum atomic E-state index is 0.869. The minimum absolute atomic E-state index is 0.869. The third-order valence-electron chi connectivity index (χ3n) is 3.87. The van der Waals surface area contributed by atoms with Gasteiger partial charge in [-0.3, -0.25) is 0 Å². The van der Waals surface area contributed by atoms with Crippen LogP contribution in [-0.4, -0.2) is 14.6 Å². The fraction of sp³-hybridized carbons (Fsp3) is 0.100. The topological polar surface area (TPSA) is 30.2 Å². The first-order valence-corrected chi connectivity index (χ1v) is 8.87. The molecule has 0 aliphatic rings. The summed E-state index contributed by atoms with van der Waals surface area (Å²) in [6.07, 6.45) is 1.99. The predicted molar refractivity (Wildman–Crippen MR) is 99.2 cm³/mol. The molecule has 0 spiro atoms. The number of imidazole rings is 1. The maximum absolute atomic E-state index is 4.67. The third-order valence-corrected chi connectivity index (χ3v) is 4.86. The van der Waals surface area contributed by atoms with Crippen LogP contribution in [0.5, 0.6) is 0 Å². The van der Waals surface area contributed by atoms with E-state index in [0.717, 1.165) is 27.7 Å². The number of nitrogens with zero attached hydrogens (tertiary/aromatic N) is 3. The normalized spacial score (nSPS) is 11.0. The van der Waals surface area contributed by atoms with Crippen LogP contribution in [0.1, 0.15) is 11.1 Å². The van der Waals surface area contributed by atoms with Crippen molar-refractivity contribution in [3.05, 3.63) is 84.1 Å². The van der Waals surface area contributed by atoms with Gasteiger partial charge >= 0.3 is 0 Å². The van der Waals surface area contributed by atoms with E-state index in [1.54, 1.807) is 11.8 Å². The highest BCUT2D eigenvalue weighted by Crippen LogP contribution is 2.23. The molecule has 0 N–H and O–H groups in total. The molecular formula is C20H17N3S. The first kappa shape index (κ1) is 15.0. The Morgan fingerprint density at radius 3 is 2.50 bits per heavy atom. The Morgan fingerprint density at radius 1 is 0.917 bits per heavy atom. The second-order valence-electron chi connectivity index (χ2n) is 5.74. The van der Waals surface area contributed by atoms with Crippen LogP contribution in [0.2, 0.25) is 0 Å². The molecule has 0 saturated carbocycles. The number of hydrogen-bond acceptors (Lipinski definition) is 3. The molecule has 0 aliphatic carbocycles. The van der Waals surface area contributed by atoms with E-state index in [9.17, 15) is 0 Å². The first-order valence-electron chi connectivity index (χ1n) is 7.88. The highest BCUT2D eigenvalue weighted by molar-refractivity contribution is 7.98. The van der Waals surface area contributed by atoms with Crippen molar-refractivity contribution in [1.82, 2.24) is 14.6 Å². The number of rotatable bonds is 4. The molecule has 0 unspecified atom stereocenters. The number of thioether (sulfide) groups is 1. The van der Waals surface area contributed by atoms with E-state index >= 15 is 0 Å². The average molecular weight is 331 g/mol. The van der Waals surface area contributed by atoms with Gasteiger partial charge in [-0.15, -0.1) is 0 Å². The monoisotopic (exact) mass is 331 g/mol. The Balaban J connectivity index is 1.55. The molecule has 0 aliphatic heterocycles. The summed E-state index contributed by atoms with van der Waals surface area (Å²) in [5.74, 6) is 0.916. The number of benzene rings is 2. The molecule has 2 aromatic carbocycles. The number of fused-ring (bicyclic) bond motifs is 1. The third kappa shape index (κ3) is 3.19. The van der Waals surface area contributed by atoms with Crippen molar-refractivity contribution in [3.8, 4) is 11.3 Å². The van der Waals surface area contributed by atoms with Crippen molar-refractivity contribution in [3.63, 3.8) is 0 Å². The summed E-state index contributed by atoms with van der Waals surface area (Å²) in [6.45, 7) is 2.11. The van der Waals surface area contributed by atoms with Gasteiger partial charge in [0.2, 0.25) is 0 Å². The summed E-state index contributed by atoms with van der Waals surface area (Å²) in [6, 6.07) is 22.9. The highest BCUT2D eigenvalue weighted by atomic mass is 32.2. The fourth-order valence-electron chi connectivity index (χ4n) is 2.53. The molecule has 0 fully saturated rings.